The molecule has 1 fully saturated rings. The number of fused-ring (bicyclic) bond motifs is 2. The summed E-state index contributed by atoms with van der Waals surface area (Å²) in [5, 5.41) is 7.22. The average Bonchev–Trinajstić information content (AvgIpc) is 3.31. The Bertz CT molecular complexity index is 1250. The first kappa shape index (κ1) is 17.6. The highest BCUT2D eigenvalue weighted by atomic mass is 16.5. The van der Waals surface area contributed by atoms with E-state index in [2.05, 4.69) is 30.6 Å². The predicted molar refractivity (Wildman–Crippen MR) is 107 cm³/mol. The van der Waals surface area contributed by atoms with Gasteiger partial charge in [0.15, 0.2) is 5.78 Å². The Kier molecular flexibility index (Phi) is 4.34. The summed E-state index contributed by atoms with van der Waals surface area (Å²) in [6.07, 6.45) is 2.85. The van der Waals surface area contributed by atoms with Crippen molar-refractivity contribution in [2.75, 3.05) is 25.0 Å². The second-order valence-corrected chi connectivity index (χ2v) is 6.90. The van der Waals surface area contributed by atoms with Crippen LogP contribution in [-0.2, 0) is 16.1 Å². The van der Waals surface area contributed by atoms with Crippen LogP contribution in [0.3, 0.4) is 0 Å². The average molecular weight is 393 g/mol. The summed E-state index contributed by atoms with van der Waals surface area (Å²) in [6.45, 7) is 2.02. The van der Waals surface area contributed by atoms with Crippen LogP contribution in [0.25, 0.3) is 22.1 Å². The first-order chi connectivity index (χ1) is 14.2. The molecule has 4 aromatic rings. The highest BCUT2D eigenvalue weighted by molar-refractivity contribution is 5.92. The molecule has 0 radical (unpaired) electrons. The minimum absolute atomic E-state index is 0.00434. The van der Waals surface area contributed by atoms with Gasteiger partial charge < -0.3 is 29.9 Å². The summed E-state index contributed by atoms with van der Waals surface area (Å²) in [5.74, 6) is 0.624. The molecule has 4 heterocycles. The molecular weight excluding hydrogens is 374 g/mol. The Labute approximate surface area is 164 Å². The fourth-order valence-electron chi connectivity index (χ4n) is 3.52. The smallest absolute Gasteiger partial charge is 0.323 e. The van der Waals surface area contributed by atoms with Crippen molar-refractivity contribution in [2.24, 2.45) is 0 Å². The van der Waals surface area contributed by atoms with E-state index in [1.165, 1.54) is 6.33 Å². The Hall–Kier alpha value is -3.50. The van der Waals surface area contributed by atoms with Crippen molar-refractivity contribution in [3.8, 4) is 0 Å². The van der Waals surface area contributed by atoms with Gasteiger partial charge in [-0.3, -0.25) is 4.79 Å². The van der Waals surface area contributed by atoms with Gasteiger partial charge in [-0.2, -0.15) is 0 Å². The lowest BCUT2D eigenvalue weighted by molar-refractivity contribution is -0.132. The zero-order valence-electron chi connectivity index (χ0n) is 15.4. The van der Waals surface area contributed by atoms with Crippen LogP contribution in [0.2, 0.25) is 0 Å². The normalized spacial score (nSPS) is 17.0. The Balaban J connectivity index is 1.41. The van der Waals surface area contributed by atoms with Crippen molar-refractivity contribution in [1.82, 2.24) is 29.8 Å². The topological polar surface area (TPSA) is 130 Å². The Morgan fingerprint density at radius 3 is 3.00 bits per heavy atom. The Morgan fingerprint density at radius 1 is 1.24 bits per heavy atom. The van der Waals surface area contributed by atoms with E-state index in [1.54, 1.807) is 4.57 Å². The number of rotatable bonds is 5. The van der Waals surface area contributed by atoms with E-state index >= 15 is 0 Å². The van der Waals surface area contributed by atoms with E-state index in [9.17, 15) is 9.59 Å². The largest absolute Gasteiger partial charge is 0.368 e. The number of nitrogens with zero attached hydrogens (tertiary/aromatic N) is 3. The molecule has 3 aromatic heterocycles. The molecule has 5 rings (SSSR count). The van der Waals surface area contributed by atoms with Gasteiger partial charge in [0.25, 0.3) is 0 Å². The summed E-state index contributed by atoms with van der Waals surface area (Å²) >= 11 is 0. The highest BCUT2D eigenvalue weighted by Gasteiger charge is 2.22. The molecule has 10 heteroatoms. The third-order valence-corrected chi connectivity index (χ3v) is 4.95. The predicted octanol–water partition coefficient (Wildman–Crippen LogP) is 0.902. The molecule has 1 aromatic carbocycles. The number of carbonyl (C=O) groups excluding carboxylic acids is 1. The van der Waals surface area contributed by atoms with E-state index in [4.69, 9.17) is 4.74 Å². The summed E-state index contributed by atoms with van der Waals surface area (Å²) in [4.78, 5) is 38.1. The fraction of sp³-hybridized carbons (Fsp3) is 0.263. The van der Waals surface area contributed by atoms with Crippen LogP contribution in [0.1, 0.15) is 0 Å². The van der Waals surface area contributed by atoms with Crippen LogP contribution < -0.4 is 16.3 Å². The monoisotopic (exact) mass is 393 g/mol. The molecule has 1 saturated heterocycles. The van der Waals surface area contributed by atoms with Gasteiger partial charge in [0, 0.05) is 25.0 Å². The molecule has 1 aliphatic rings. The van der Waals surface area contributed by atoms with Crippen LogP contribution in [0.15, 0.2) is 41.6 Å². The van der Waals surface area contributed by atoms with Crippen LogP contribution in [0, 0.1) is 0 Å². The van der Waals surface area contributed by atoms with E-state index in [1.807, 2.05) is 30.5 Å². The minimum Gasteiger partial charge on any atom is -0.368 e. The maximum Gasteiger partial charge on any atom is 0.323 e. The molecule has 1 atom stereocenters. The van der Waals surface area contributed by atoms with Gasteiger partial charge >= 0.3 is 5.69 Å². The first-order valence-corrected chi connectivity index (χ1v) is 9.31. The lowest BCUT2D eigenvalue weighted by Gasteiger charge is -2.22. The third-order valence-electron chi connectivity index (χ3n) is 4.95. The lowest BCUT2D eigenvalue weighted by atomic mass is 10.2. The van der Waals surface area contributed by atoms with Crippen LogP contribution in [-0.4, -0.2) is 56.1 Å². The summed E-state index contributed by atoms with van der Waals surface area (Å²) < 4.78 is 7.34. The van der Waals surface area contributed by atoms with Crippen LogP contribution in [0.4, 0.5) is 11.5 Å². The standard InChI is InChI=1S/C19H19N7O3/c27-15(16-8-20-4-6-29-16)9-26-5-3-12-17(21-10-22-18(12)26)23-11-1-2-13-14(7-11)25-19(28)24-13/h1-3,5,7,10,16,20H,4,6,8-9H2,(H,21,22,23)(H2,24,25,28). The molecule has 1 unspecified atom stereocenters. The number of hydrogen-bond donors (Lipinski definition) is 4. The van der Waals surface area contributed by atoms with E-state index in [0.717, 1.165) is 23.1 Å². The second-order valence-electron chi connectivity index (χ2n) is 6.90. The zero-order chi connectivity index (χ0) is 19.8. The van der Waals surface area contributed by atoms with Crippen molar-refractivity contribution in [3.05, 3.63) is 47.3 Å². The van der Waals surface area contributed by atoms with Crippen molar-refractivity contribution in [3.63, 3.8) is 0 Å². The number of benzene rings is 1. The number of Topliss-reactive ketones (excluding diaryl/α,β-unsaturated/α-hetero) is 1. The molecule has 148 valence electrons. The molecule has 0 saturated carbocycles. The molecular formula is C19H19N7O3. The van der Waals surface area contributed by atoms with Gasteiger partial charge in [0.2, 0.25) is 0 Å². The maximum absolute atomic E-state index is 12.5. The fourth-order valence-corrected chi connectivity index (χ4v) is 3.52. The van der Waals surface area contributed by atoms with Gasteiger partial charge in [-0.25, -0.2) is 14.8 Å². The number of H-pyrrole nitrogens is 2. The quantitative estimate of drug-likeness (QED) is 0.396. The van der Waals surface area contributed by atoms with Gasteiger partial charge in [-0.1, -0.05) is 0 Å². The van der Waals surface area contributed by atoms with Crippen LogP contribution in [0.5, 0.6) is 0 Å². The molecule has 4 N–H and O–H groups in total. The van der Waals surface area contributed by atoms with Crippen molar-refractivity contribution in [1.29, 1.82) is 0 Å². The summed E-state index contributed by atoms with van der Waals surface area (Å²) in [5.41, 5.74) is 2.63. The first-order valence-electron chi connectivity index (χ1n) is 9.31. The SMILES string of the molecule is O=C(Cn1ccc2c(Nc3ccc4[nH]c(=O)[nH]c4c3)ncnc21)C1CNCCO1. The second kappa shape index (κ2) is 7.15. The lowest BCUT2D eigenvalue weighted by Crippen LogP contribution is -2.44. The minimum atomic E-state index is -0.434. The number of hydrogen-bond acceptors (Lipinski definition) is 7. The molecule has 0 amide bonds. The number of aromatic amines is 2. The van der Waals surface area contributed by atoms with Crippen molar-refractivity contribution in [2.45, 2.75) is 12.6 Å². The van der Waals surface area contributed by atoms with E-state index in [-0.39, 0.29) is 18.0 Å². The number of carbonyl (C=O) groups is 1. The van der Waals surface area contributed by atoms with E-state index < -0.39 is 6.10 Å². The number of anilines is 2. The van der Waals surface area contributed by atoms with Gasteiger partial charge in [0.05, 0.1) is 29.6 Å². The highest BCUT2D eigenvalue weighted by Crippen LogP contribution is 2.25. The van der Waals surface area contributed by atoms with Crippen LogP contribution >= 0.6 is 0 Å². The number of imidazole rings is 1. The molecule has 29 heavy (non-hydrogen) atoms. The number of aromatic nitrogens is 5. The number of morpholine rings is 1. The number of ether oxygens (including phenoxy) is 1. The molecule has 10 nitrogen and oxygen atoms in total. The molecule has 0 spiro atoms. The van der Waals surface area contributed by atoms with Crippen molar-refractivity contribution < 1.29 is 9.53 Å². The Morgan fingerprint density at radius 2 is 2.14 bits per heavy atom. The number of ketones is 1. The molecule has 0 bridgehead atoms. The zero-order valence-corrected chi connectivity index (χ0v) is 15.4. The number of nitrogens with one attached hydrogen (secondary N) is 4. The van der Waals surface area contributed by atoms with Gasteiger partial charge in [-0.05, 0) is 24.3 Å². The van der Waals surface area contributed by atoms with Crippen molar-refractivity contribution >= 4 is 39.4 Å². The van der Waals surface area contributed by atoms with E-state index in [0.29, 0.717) is 30.1 Å². The summed E-state index contributed by atoms with van der Waals surface area (Å²) in [6, 6.07) is 7.38. The molecule has 1 aliphatic heterocycles. The van der Waals surface area contributed by atoms with Gasteiger partial charge in [0.1, 0.15) is 23.9 Å². The van der Waals surface area contributed by atoms with Gasteiger partial charge in [-0.15, -0.1) is 0 Å². The summed E-state index contributed by atoms with van der Waals surface area (Å²) in [7, 11) is 0. The molecule has 0 aliphatic carbocycles. The maximum atomic E-state index is 12.5. The third kappa shape index (κ3) is 3.39.